The number of methoxy groups -OCH3 is 1. The van der Waals surface area contributed by atoms with Gasteiger partial charge in [-0.05, 0) is 19.8 Å². The average Bonchev–Trinajstić information content (AvgIpc) is 2.72. The molecule has 1 aromatic heterocycles. The molecule has 1 heterocycles. The second-order valence-corrected chi connectivity index (χ2v) is 4.69. The van der Waals surface area contributed by atoms with E-state index in [1.165, 1.54) is 19.3 Å². The lowest BCUT2D eigenvalue weighted by atomic mass is 9.84. The molecule has 1 saturated carbocycles. The van der Waals surface area contributed by atoms with Crippen LogP contribution in [0.3, 0.4) is 0 Å². The van der Waals surface area contributed by atoms with Crippen LogP contribution in [0.25, 0.3) is 0 Å². The third-order valence-electron chi connectivity index (χ3n) is 3.46. The maximum Gasteiger partial charge on any atom is 0.227 e. The molecule has 4 heteroatoms. The van der Waals surface area contributed by atoms with Gasteiger partial charge in [0.25, 0.3) is 0 Å². The number of halogens is 1. The van der Waals surface area contributed by atoms with E-state index >= 15 is 0 Å². The van der Waals surface area contributed by atoms with Gasteiger partial charge in [-0.3, -0.25) is 0 Å². The van der Waals surface area contributed by atoms with E-state index in [1.807, 2.05) is 6.92 Å². The molecule has 0 N–H and O–H groups in total. The summed E-state index contributed by atoms with van der Waals surface area (Å²) in [4.78, 5) is 4.47. The largest absolute Gasteiger partial charge is 0.441 e. The minimum atomic E-state index is -0.312. The Bertz CT molecular complexity index is 356. The average molecular weight is 244 g/mol. The van der Waals surface area contributed by atoms with Crippen LogP contribution in [0.2, 0.25) is 0 Å². The fourth-order valence-corrected chi connectivity index (χ4v) is 2.62. The van der Waals surface area contributed by atoms with Crippen LogP contribution >= 0.6 is 11.6 Å². The van der Waals surface area contributed by atoms with Crippen LogP contribution < -0.4 is 0 Å². The van der Waals surface area contributed by atoms with Gasteiger partial charge in [0.2, 0.25) is 5.89 Å². The highest BCUT2D eigenvalue weighted by Gasteiger charge is 2.38. The fourth-order valence-electron chi connectivity index (χ4n) is 2.38. The van der Waals surface area contributed by atoms with Crippen molar-refractivity contribution in [2.75, 3.05) is 7.11 Å². The van der Waals surface area contributed by atoms with E-state index in [0.29, 0.717) is 11.8 Å². The van der Waals surface area contributed by atoms with Crippen molar-refractivity contribution in [3.05, 3.63) is 17.3 Å². The molecule has 90 valence electrons. The Kier molecular flexibility index (Phi) is 3.55. The lowest BCUT2D eigenvalue weighted by molar-refractivity contribution is -0.0646. The molecule has 0 amide bonds. The molecule has 0 spiro atoms. The monoisotopic (exact) mass is 243 g/mol. The molecule has 0 radical (unpaired) electrons. The maximum absolute atomic E-state index is 5.80. The molecule has 16 heavy (non-hydrogen) atoms. The Morgan fingerprint density at radius 1 is 1.38 bits per heavy atom. The van der Waals surface area contributed by atoms with Crippen molar-refractivity contribution in [3.63, 3.8) is 0 Å². The summed E-state index contributed by atoms with van der Waals surface area (Å²) >= 11 is 5.80. The lowest BCUT2D eigenvalue weighted by Crippen LogP contribution is -2.31. The SMILES string of the molecule is COC1(c2nc(C)c(CCl)o2)CCCCC1. The zero-order valence-electron chi connectivity index (χ0n) is 9.88. The Morgan fingerprint density at radius 2 is 2.06 bits per heavy atom. The third kappa shape index (κ3) is 1.98. The van der Waals surface area contributed by atoms with Gasteiger partial charge >= 0.3 is 0 Å². The molecule has 3 nitrogen and oxygen atoms in total. The van der Waals surface area contributed by atoms with E-state index in [-0.39, 0.29) is 5.60 Å². The van der Waals surface area contributed by atoms with Gasteiger partial charge in [0.05, 0.1) is 11.6 Å². The van der Waals surface area contributed by atoms with Crippen LogP contribution in [0, 0.1) is 6.92 Å². The number of nitrogens with zero attached hydrogens (tertiary/aromatic N) is 1. The molecule has 0 atom stereocenters. The predicted octanol–water partition coefficient (Wildman–Crippen LogP) is 3.53. The van der Waals surface area contributed by atoms with Gasteiger partial charge in [-0.15, -0.1) is 11.6 Å². The summed E-state index contributed by atoms with van der Waals surface area (Å²) in [6.07, 6.45) is 5.60. The number of oxazole rings is 1. The molecule has 0 aromatic carbocycles. The number of rotatable bonds is 3. The first kappa shape index (κ1) is 11.9. The molecule has 1 aliphatic carbocycles. The van der Waals surface area contributed by atoms with Crippen molar-refractivity contribution >= 4 is 11.6 Å². The Morgan fingerprint density at radius 3 is 2.56 bits per heavy atom. The quantitative estimate of drug-likeness (QED) is 0.762. The van der Waals surface area contributed by atoms with Crippen molar-refractivity contribution in [2.45, 2.75) is 50.5 Å². The van der Waals surface area contributed by atoms with Gasteiger partial charge in [-0.1, -0.05) is 19.3 Å². The first-order valence-electron chi connectivity index (χ1n) is 5.80. The van der Waals surface area contributed by atoms with Crippen LogP contribution in [0.1, 0.15) is 49.4 Å². The number of alkyl halides is 1. The van der Waals surface area contributed by atoms with E-state index < -0.39 is 0 Å². The molecule has 2 rings (SSSR count). The highest BCUT2D eigenvalue weighted by Crippen LogP contribution is 2.40. The van der Waals surface area contributed by atoms with E-state index in [9.17, 15) is 0 Å². The second-order valence-electron chi connectivity index (χ2n) is 4.42. The minimum absolute atomic E-state index is 0.312. The molecule has 0 aliphatic heterocycles. The van der Waals surface area contributed by atoms with E-state index in [4.69, 9.17) is 20.8 Å². The first-order chi connectivity index (χ1) is 7.72. The zero-order valence-corrected chi connectivity index (χ0v) is 10.6. The molecule has 1 aliphatic rings. The van der Waals surface area contributed by atoms with Crippen molar-refractivity contribution in [1.82, 2.24) is 4.98 Å². The summed E-state index contributed by atoms with van der Waals surface area (Å²) in [6, 6.07) is 0. The summed E-state index contributed by atoms with van der Waals surface area (Å²) in [5.74, 6) is 1.85. The highest BCUT2D eigenvalue weighted by atomic mass is 35.5. The summed E-state index contributed by atoms with van der Waals surface area (Å²) < 4.78 is 11.4. The van der Waals surface area contributed by atoms with Gasteiger partial charge in [0.15, 0.2) is 0 Å². The number of ether oxygens (including phenoxy) is 1. The molecular formula is C12H18ClNO2. The van der Waals surface area contributed by atoms with E-state index in [0.717, 1.165) is 24.3 Å². The molecule has 0 unspecified atom stereocenters. The van der Waals surface area contributed by atoms with Crippen LogP contribution in [0.15, 0.2) is 4.42 Å². The molecule has 0 bridgehead atoms. The second kappa shape index (κ2) is 4.76. The van der Waals surface area contributed by atoms with Gasteiger partial charge in [0, 0.05) is 7.11 Å². The van der Waals surface area contributed by atoms with Gasteiger partial charge in [-0.25, -0.2) is 4.98 Å². The maximum atomic E-state index is 5.80. The summed E-state index contributed by atoms with van der Waals surface area (Å²) in [5, 5.41) is 0. The molecular weight excluding hydrogens is 226 g/mol. The lowest BCUT2D eigenvalue weighted by Gasteiger charge is -2.32. The molecule has 1 fully saturated rings. The van der Waals surface area contributed by atoms with Crippen LogP contribution in [-0.2, 0) is 16.2 Å². The van der Waals surface area contributed by atoms with Gasteiger partial charge in [-0.2, -0.15) is 0 Å². The number of hydrogen-bond acceptors (Lipinski definition) is 3. The number of aryl methyl sites for hydroxylation is 1. The standard InChI is InChI=1S/C12H18ClNO2/c1-9-10(8-13)16-11(14-9)12(15-2)6-4-3-5-7-12/h3-8H2,1-2H3. The Hall–Kier alpha value is -0.540. The normalized spacial score (nSPS) is 19.9. The van der Waals surface area contributed by atoms with Crippen molar-refractivity contribution < 1.29 is 9.15 Å². The summed E-state index contributed by atoms with van der Waals surface area (Å²) in [5.41, 5.74) is 0.569. The number of hydrogen-bond donors (Lipinski definition) is 0. The topological polar surface area (TPSA) is 35.3 Å². The number of aromatic nitrogens is 1. The Labute approximate surface area is 101 Å². The Balaban J connectivity index is 2.31. The highest BCUT2D eigenvalue weighted by molar-refractivity contribution is 6.16. The predicted molar refractivity (Wildman–Crippen MR) is 62.6 cm³/mol. The minimum Gasteiger partial charge on any atom is -0.441 e. The summed E-state index contributed by atoms with van der Waals surface area (Å²) in [7, 11) is 1.74. The third-order valence-corrected chi connectivity index (χ3v) is 3.70. The first-order valence-corrected chi connectivity index (χ1v) is 6.33. The van der Waals surface area contributed by atoms with Crippen molar-refractivity contribution in [1.29, 1.82) is 0 Å². The molecule has 1 aromatic rings. The summed E-state index contributed by atoms with van der Waals surface area (Å²) in [6.45, 7) is 1.93. The van der Waals surface area contributed by atoms with Crippen LogP contribution in [-0.4, -0.2) is 12.1 Å². The van der Waals surface area contributed by atoms with Crippen LogP contribution in [0.4, 0.5) is 0 Å². The molecule has 0 saturated heterocycles. The van der Waals surface area contributed by atoms with E-state index in [1.54, 1.807) is 7.11 Å². The smallest absolute Gasteiger partial charge is 0.227 e. The zero-order chi connectivity index (χ0) is 11.6. The van der Waals surface area contributed by atoms with Gasteiger partial charge in [0.1, 0.15) is 11.4 Å². The van der Waals surface area contributed by atoms with Crippen molar-refractivity contribution in [3.8, 4) is 0 Å². The van der Waals surface area contributed by atoms with Crippen molar-refractivity contribution in [2.24, 2.45) is 0 Å². The van der Waals surface area contributed by atoms with Crippen LogP contribution in [0.5, 0.6) is 0 Å². The van der Waals surface area contributed by atoms with Gasteiger partial charge < -0.3 is 9.15 Å². The fraction of sp³-hybridized carbons (Fsp3) is 0.750. The van der Waals surface area contributed by atoms with E-state index in [2.05, 4.69) is 4.98 Å².